The van der Waals surface area contributed by atoms with E-state index in [-0.39, 0.29) is 11.4 Å². The molecule has 0 saturated carbocycles. The summed E-state index contributed by atoms with van der Waals surface area (Å²) in [5, 5.41) is 9.59. The summed E-state index contributed by atoms with van der Waals surface area (Å²) in [7, 11) is 1.39. The molecule has 0 amide bonds. The van der Waals surface area contributed by atoms with Crippen molar-refractivity contribution in [3.63, 3.8) is 0 Å². The van der Waals surface area contributed by atoms with E-state index in [1.54, 1.807) is 18.5 Å². The van der Waals surface area contributed by atoms with Gasteiger partial charge in [-0.25, -0.2) is 9.78 Å². The van der Waals surface area contributed by atoms with E-state index in [1.807, 2.05) is 0 Å². The Kier molecular flexibility index (Phi) is 2.21. The molecular weight excluding hydrogens is 196 g/mol. The number of hydrogen-bond acceptors (Lipinski definition) is 4. The maximum atomic E-state index is 10.9. The molecule has 0 saturated heterocycles. The van der Waals surface area contributed by atoms with Crippen molar-refractivity contribution in [3.05, 3.63) is 30.1 Å². The van der Waals surface area contributed by atoms with Crippen LogP contribution in [0.1, 0.15) is 10.4 Å². The molecule has 5 nitrogen and oxygen atoms in total. The van der Waals surface area contributed by atoms with Crippen molar-refractivity contribution in [3.8, 4) is 5.88 Å². The Morgan fingerprint density at radius 1 is 1.53 bits per heavy atom. The number of hydrogen-bond donors (Lipinski definition) is 1. The second-order valence-electron chi connectivity index (χ2n) is 2.92. The molecule has 0 unspecified atom stereocenters. The van der Waals surface area contributed by atoms with Crippen LogP contribution >= 0.6 is 0 Å². The van der Waals surface area contributed by atoms with E-state index in [9.17, 15) is 4.79 Å². The van der Waals surface area contributed by atoms with Crippen molar-refractivity contribution in [2.45, 2.75) is 0 Å². The quantitative estimate of drug-likeness (QED) is 0.799. The molecule has 0 spiro atoms. The smallest absolute Gasteiger partial charge is 0.341 e. The van der Waals surface area contributed by atoms with Crippen molar-refractivity contribution in [1.29, 1.82) is 0 Å². The maximum absolute atomic E-state index is 10.9. The van der Waals surface area contributed by atoms with E-state index < -0.39 is 5.97 Å². The third-order valence-electron chi connectivity index (χ3n) is 2.00. The number of aromatic carboxylic acids is 1. The van der Waals surface area contributed by atoms with Gasteiger partial charge < -0.3 is 9.84 Å². The van der Waals surface area contributed by atoms with Gasteiger partial charge >= 0.3 is 5.97 Å². The molecule has 0 atom stereocenters. The number of ether oxygens (including phenoxy) is 1. The van der Waals surface area contributed by atoms with E-state index in [0.717, 1.165) is 0 Å². The molecule has 1 N–H and O–H groups in total. The van der Waals surface area contributed by atoms with Gasteiger partial charge in [0, 0.05) is 17.8 Å². The monoisotopic (exact) mass is 204 g/mol. The molecule has 0 fully saturated rings. The number of carboxylic acid groups (broad SMARTS) is 1. The van der Waals surface area contributed by atoms with Gasteiger partial charge in [0.25, 0.3) is 0 Å². The first kappa shape index (κ1) is 9.39. The van der Waals surface area contributed by atoms with Crippen molar-refractivity contribution in [2.75, 3.05) is 7.11 Å². The molecule has 5 heteroatoms. The molecule has 2 rings (SSSR count). The van der Waals surface area contributed by atoms with Crippen LogP contribution in [-0.4, -0.2) is 28.2 Å². The lowest BCUT2D eigenvalue weighted by Crippen LogP contribution is -2.02. The number of carboxylic acids is 1. The third-order valence-corrected chi connectivity index (χ3v) is 2.00. The largest absolute Gasteiger partial charge is 0.480 e. The molecule has 0 aromatic carbocycles. The molecule has 2 aromatic heterocycles. The highest BCUT2D eigenvalue weighted by atomic mass is 16.5. The van der Waals surface area contributed by atoms with Crippen LogP contribution < -0.4 is 4.74 Å². The summed E-state index contributed by atoms with van der Waals surface area (Å²) in [5.41, 5.74) is 0.699. The van der Waals surface area contributed by atoms with E-state index in [4.69, 9.17) is 9.84 Å². The molecule has 0 radical (unpaired) electrons. The number of aromatic nitrogens is 2. The van der Waals surface area contributed by atoms with E-state index in [1.165, 1.54) is 13.2 Å². The summed E-state index contributed by atoms with van der Waals surface area (Å²) in [6, 6.07) is 3.19. The molecular formula is C10H8N2O3. The van der Waals surface area contributed by atoms with Gasteiger partial charge in [-0.2, -0.15) is 0 Å². The minimum absolute atomic E-state index is 0.0398. The number of pyridine rings is 2. The van der Waals surface area contributed by atoms with Gasteiger partial charge in [0.1, 0.15) is 5.56 Å². The lowest BCUT2D eigenvalue weighted by Gasteiger charge is -2.04. The van der Waals surface area contributed by atoms with Crippen LogP contribution in [0.15, 0.2) is 24.5 Å². The van der Waals surface area contributed by atoms with Crippen LogP contribution in [0.5, 0.6) is 5.88 Å². The zero-order valence-electron chi connectivity index (χ0n) is 7.97. The standard InChI is InChI=1S/C10H8N2O3/c1-15-9-7(10(13)14)4-6-5-11-3-2-8(6)12-9/h2-5H,1H3,(H,13,14). The topological polar surface area (TPSA) is 72.3 Å². The lowest BCUT2D eigenvalue weighted by atomic mass is 10.2. The molecule has 2 aromatic rings. The van der Waals surface area contributed by atoms with Crippen molar-refractivity contribution >= 4 is 16.9 Å². The summed E-state index contributed by atoms with van der Waals surface area (Å²) >= 11 is 0. The molecule has 15 heavy (non-hydrogen) atoms. The minimum Gasteiger partial charge on any atom is -0.480 e. The van der Waals surface area contributed by atoms with Gasteiger partial charge in [0.05, 0.1) is 12.6 Å². The Hall–Kier alpha value is -2.17. The van der Waals surface area contributed by atoms with Crippen LogP contribution in [-0.2, 0) is 0 Å². The first-order chi connectivity index (χ1) is 7.22. The zero-order valence-corrected chi connectivity index (χ0v) is 7.97. The second-order valence-corrected chi connectivity index (χ2v) is 2.92. The summed E-state index contributed by atoms with van der Waals surface area (Å²) in [6.45, 7) is 0. The van der Waals surface area contributed by atoms with Crippen molar-refractivity contribution in [1.82, 2.24) is 9.97 Å². The Bertz CT molecular complexity index is 525. The minimum atomic E-state index is -1.06. The van der Waals surface area contributed by atoms with Crippen LogP contribution in [0.2, 0.25) is 0 Å². The van der Waals surface area contributed by atoms with Gasteiger partial charge in [-0.3, -0.25) is 4.98 Å². The molecule has 76 valence electrons. The maximum Gasteiger partial charge on any atom is 0.341 e. The third kappa shape index (κ3) is 1.59. The average molecular weight is 204 g/mol. The van der Waals surface area contributed by atoms with Crippen LogP contribution in [0.4, 0.5) is 0 Å². The lowest BCUT2D eigenvalue weighted by molar-refractivity contribution is 0.0692. The molecule has 2 heterocycles. The number of fused-ring (bicyclic) bond motifs is 1. The second kappa shape index (κ2) is 3.53. The van der Waals surface area contributed by atoms with Crippen LogP contribution in [0.25, 0.3) is 10.9 Å². The zero-order chi connectivity index (χ0) is 10.8. The Balaban J connectivity index is 2.74. The normalized spacial score (nSPS) is 10.2. The highest BCUT2D eigenvalue weighted by Crippen LogP contribution is 2.21. The fraction of sp³-hybridized carbons (Fsp3) is 0.100. The SMILES string of the molecule is COc1nc2ccncc2cc1C(=O)O. The van der Waals surface area contributed by atoms with Crippen LogP contribution in [0, 0.1) is 0 Å². The van der Waals surface area contributed by atoms with E-state index in [2.05, 4.69) is 9.97 Å². The first-order valence-corrected chi connectivity index (χ1v) is 4.24. The fourth-order valence-electron chi connectivity index (χ4n) is 1.31. The van der Waals surface area contributed by atoms with Gasteiger partial charge in [-0.05, 0) is 12.1 Å². The molecule has 0 bridgehead atoms. The van der Waals surface area contributed by atoms with Gasteiger partial charge in [0.2, 0.25) is 5.88 Å². The summed E-state index contributed by atoms with van der Waals surface area (Å²) in [5.74, 6) is -0.952. The predicted molar refractivity (Wildman–Crippen MR) is 53.0 cm³/mol. The molecule has 0 aliphatic heterocycles. The highest BCUT2D eigenvalue weighted by molar-refractivity contribution is 5.95. The summed E-state index contributed by atoms with van der Waals surface area (Å²) < 4.78 is 4.90. The number of nitrogens with zero attached hydrogens (tertiary/aromatic N) is 2. The van der Waals surface area contributed by atoms with Gasteiger partial charge in [-0.15, -0.1) is 0 Å². The summed E-state index contributed by atoms with van der Waals surface area (Å²) in [4.78, 5) is 18.9. The van der Waals surface area contributed by atoms with Gasteiger partial charge in [0.15, 0.2) is 0 Å². The highest BCUT2D eigenvalue weighted by Gasteiger charge is 2.13. The van der Waals surface area contributed by atoms with Crippen molar-refractivity contribution < 1.29 is 14.6 Å². The van der Waals surface area contributed by atoms with E-state index in [0.29, 0.717) is 10.9 Å². The fourth-order valence-corrected chi connectivity index (χ4v) is 1.31. The van der Waals surface area contributed by atoms with Crippen molar-refractivity contribution in [2.24, 2.45) is 0 Å². The van der Waals surface area contributed by atoms with E-state index >= 15 is 0 Å². The molecule has 0 aliphatic rings. The Morgan fingerprint density at radius 3 is 3.00 bits per heavy atom. The molecule has 0 aliphatic carbocycles. The van der Waals surface area contributed by atoms with Gasteiger partial charge in [-0.1, -0.05) is 0 Å². The number of rotatable bonds is 2. The Labute approximate surface area is 85.4 Å². The average Bonchev–Trinajstić information content (AvgIpc) is 2.27. The predicted octanol–water partition coefficient (Wildman–Crippen LogP) is 1.34. The first-order valence-electron chi connectivity index (χ1n) is 4.24. The Morgan fingerprint density at radius 2 is 2.33 bits per heavy atom. The number of methoxy groups -OCH3 is 1. The van der Waals surface area contributed by atoms with Crippen LogP contribution in [0.3, 0.4) is 0 Å². The summed E-state index contributed by atoms with van der Waals surface area (Å²) in [6.07, 6.45) is 3.16. The number of carbonyl (C=O) groups is 1.